The fraction of sp³-hybridized carbons (Fsp3) is 0.533. The highest BCUT2D eigenvalue weighted by Crippen LogP contribution is 2.18. The van der Waals surface area contributed by atoms with Gasteiger partial charge in [-0.3, -0.25) is 4.79 Å². The van der Waals surface area contributed by atoms with E-state index in [0.29, 0.717) is 0 Å². The predicted molar refractivity (Wildman–Crippen MR) is 83.6 cm³/mol. The Morgan fingerprint density at radius 2 is 1.89 bits per heavy atom. The topological polar surface area (TPSA) is 23.6 Å². The molecule has 0 unspecified atom stereocenters. The van der Waals surface area contributed by atoms with Gasteiger partial charge in [-0.1, -0.05) is 28.9 Å². The van der Waals surface area contributed by atoms with Gasteiger partial charge in [0.05, 0.1) is 0 Å². The molecule has 0 N–H and O–H groups in total. The molecular weight excluding hydrogens is 304 g/mol. The number of amides is 1. The Bertz CT molecular complexity index is 432. The van der Waals surface area contributed by atoms with E-state index in [0.717, 1.165) is 41.7 Å². The first kappa shape index (κ1) is 16.2. The van der Waals surface area contributed by atoms with Crippen molar-refractivity contribution in [3.63, 3.8) is 0 Å². The molecular formula is C15H23BrN2O. The molecule has 0 aliphatic rings. The van der Waals surface area contributed by atoms with Crippen LogP contribution in [0.15, 0.2) is 22.7 Å². The Hall–Kier alpha value is -0.870. The monoisotopic (exact) mass is 326 g/mol. The SMILES string of the molecule is CCCN(CCN(C)C)C(=O)c1ccc(C)c(Br)c1. The number of carbonyl (C=O) groups excluding carboxylic acids is 1. The van der Waals surface area contributed by atoms with Crippen molar-refractivity contribution in [2.75, 3.05) is 33.7 Å². The van der Waals surface area contributed by atoms with Crippen LogP contribution in [0.25, 0.3) is 0 Å². The molecule has 0 aliphatic carbocycles. The van der Waals surface area contributed by atoms with Crippen molar-refractivity contribution < 1.29 is 4.79 Å². The van der Waals surface area contributed by atoms with E-state index in [1.165, 1.54) is 0 Å². The molecule has 0 atom stereocenters. The summed E-state index contributed by atoms with van der Waals surface area (Å²) in [4.78, 5) is 16.5. The quantitative estimate of drug-likeness (QED) is 0.801. The zero-order chi connectivity index (χ0) is 14.4. The number of benzene rings is 1. The van der Waals surface area contributed by atoms with Gasteiger partial charge in [-0.05, 0) is 45.1 Å². The van der Waals surface area contributed by atoms with Gasteiger partial charge >= 0.3 is 0 Å². The Kier molecular flexibility index (Phi) is 6.52. The Labute approximate surface area is 124 Å². The third kappa shape index (κ3) is 4.96. The second kappa shape index (κ2) is 7.65. The lowest BCUT2D eigenvalue weighted by atomic mass is 10.1. The molecule has 0 heterocycles. The molecule has 0 aliphatic heterocycles. The van der Waals surface area contributed by atoms with Crippen molar-refractivity contribution in [1.29, 1.82) is 0 Å². The number of likely N-dealkylation sites (N-methyl/N-ethyl adjacent to an activating group) is 1. The number of carbonyl (C=O) groups is 1. The minimum atomic E-state index is 0.115. The Balaban J connectivity index is 2.82. The van der Waals surface area contributed by atoms with Gasteiger partial charge in [-0.15, -0.1) is 0 Å². The van der Waals surface area contributed by atoms with Crippen LogP contribution in [0, 0.1) is 6.92 Å². The lowest BCUT2D eigenvalue weighted by Crippen LogP contribution is -2.37. The third-order valence-electron chi connectivity index (χ3n) is 3.02. The van der Waals surface area contributed by atoms with Gasteiger partial charge in [0.25, 0.3) is 5.91 Å². The number of halogens is 1. The second-order valence-electron chi connectivity index (χ2n) is 5.06. The zero-order valence-electron chi connectivity index (χ0n) is 12.2. The van der Waals surface area contributed by atoms with Crippen molar-refractivity contribution in [1.82, 2.24) is 9.80 Å². The van der Waals surface area contributed by atoms with Gasteiger partial charge in [0.15, 0.2) is 0 Å². The first-order valence-corrected chi connectivity index (χ1v) is 7.45. The third-order valence-corrected chi connectivity index (χ3v) is 3.87. The first-order valence-electron chi connectivity index (χ1n) is 6.65. The van der Waals surface area contributed by atoms with Gasteiger partial charge in [0.1, 0.15) is 0 Å². The molecule has 1 aromatic rings. The molecule has 1 rings (SSSR count). The van der Waals surface area contributed by atoms with E-state index in [1.54, 1.807) is 0 Å². The highest BCUT2D eigenvalue weighted by atomic mass is 79.9. The molecule has 1 aromatic carbocycles. The van der Waals surface area contributed by atoms with Crippen LogP contribution in [0.1, 0.15) is 29.3 Å². The Morgan fingerprint density at radius 3 is 2.42 bits per heavy atom. The summed E-state index contributed by atoms with van der Waals surface area (Å²) in [6, 6.07) is 5.80. The molecule has 19 heavy (non-hydrogen) atoms. The van der Waals surface area contributed by atoms with Gasteiger partial charge in [0.2, 0.25) is 0 Å². The van der Waals surface area contributed by atoms with Crippen molar-refractivity contribution in [2.45, 2.75) is 20.3 Å². The molecule has 0 saturated heterocycles. The second-order valence-corrected chi connectivity index (χ2v) is 5.91. The minimum absolute atomic E-state index is 0.115. The molecule has 0 aromatic heterocycles. The van der Waals surface area contributed by atoms with E-state index < -0.39 is 0 Å². The molecule has 0 bridgehead atoms. The van der Waals surface area contributed by atoms with Crippen LogP contribution in [0.4, 0.5) is 0 Å². The number of nitrogens with zero attached hydrogens (tertiary/aromatic N) is 2. The van der Waals surface area contributed by atoms with E-state index in [2.05, 4.69) is 27.8 Å². The van der Waals surface area contributed by atoms with Crippen LogP contribution in [-0.2, 0) is 0 Å². The molecule has 4 heteroatoms. The predicted octanol–water partition coefficient (Wildman–Crippen LogP) is 3.17. The molecule has 0 saturated carbocycles. The lowest BCUT2D eigenvalue weighted by molar-refractivity contribution is 0.0745. The first-order chi connectivity index (χ1) is 8.95. The molecule has 0 spiro atoms. The summed E-state index contributed by atoms with van der Waals surface area (Å²) in [6.07, 6.45) is 0.978. The van der Waals surface area contributed by atoms with Gasteiger partial charge < -0.3 is 9.80 Å². The van der Waals surface area contributed by atoms with E-state index in [4.69, 9.17) is 0 Å². The van der Waals surface area contributed by atoms with Crippen molar-refractivity contribution in [3.05, 3.63) is 33.8 Å². The van der Waals surface area contributed by atoms with E-state index in [9.17, 15) is 4.79 Å². The summed E-state index contributed by atoms with van der Waals surface area (Å²) in [5.74, 6) is 0.115. The number of hydrogen-bond donors (Lipinski definition) is 0. The van der Waals surface area contributed by atoms with Crippen molar-refractivity contribution >= 4 is 21.8 Å². The van der Waals surface area contributed by atoms with Crippen LogP contribution >= 0.6 is 15.9 Å². The molecule has 3 nitrogen and oxygen atoms in total. The Morgan fingerprint density at radius 1 is 1.21 bits per heavy atom. The normalized spacial score (nSPS) is 10.8. The van der Waals surface area contributed by atoms with Gasteiger partial charge in [-0.2, -0.15) is 0 Å². The summed E-state index contributed by atoms with van der Waals surface area (Å²) >= 11 is 3.49. The number of aryl methyl sites for hydroxylation is 1. The van der Waals surface area contributed by atoms with Gasteiger partial charge in [-0.25, -0.2) is 0 Å². The molecule has 0 fully saturated rings. The lowest BCUT2D eigenvalue weighted by Gasteiger charge is -2.24. The molecule has 0 radical (unpaired) electrons. The summed E-state index contributed by atoms with van der Waals surface area (Å²) in [5, 5.41) is 0. The molecule has 1 amide bonds. The average Bonchev–Trinajstić information content (AvgIpc) is 2.36. The van der Waals surface area contributed by atoms with Crippen LogP contribution in [0.2, 0.25) is 0 Å². The summed E-state index contributed by atoms with van der Waals surface area (Å²) in [7, 11) is 4.05. The van der Waals surface area contributed by atoms with E-state index >= 15 is 0 Å². The number of rotatable bonds is 6. The largest absolute Gasteiger partial charge is 0.337 e. The summed E-state index contributed by atoms with van der Waals surface area (Å²) in [5.41, 5.74) is 1.90. The minimum Gasteiger partial charge on any atom is -0.337 e. The van der Waals surface area contributed by atoms with E-state index in [1.807, 2.05) is 44.1 Å². The summed E-state index contributed by atoms with van der Waals surface area (Å²) in [6.45, 7) is 6.58. The van der Waals surface area contributed by atoms with Gasteiger partial charge in [0, 0.05) is 29.7 Å². The average molecular weight is 327 g/mol. The van der Waals surface area contributed by atoms with Crippen LogP contribution < -0.4 is 0 Å². The van der Waals surface area contributed by atoms with Crippen molar-refractivity contribution in [2.24, 2.45) is 0 Å². The standard InChI is InChI=1S/C15H23BrN2O/c1-5-8-18(10-9-17(3)4)15(19)13-7-6-12(2)14(16)11-13/h6-7,11H,5,8-10H2,1-4H3. The molecule has 106 valence electrons. The maximum Gasteiger partial charge on any atom is 0.253 e. The maximum absolute atomic E-state index is 12.5. The highest BCUT2D eigenvalue weighted by molar-refractivity contribution is 9.10. The van der Waals surface area contributed by atoms with Crippen molar-refractivity contribution in [3.8, 4) is 0 Å². The van der Waals surface area contributed by atoms with Crippen LogP contribution in [0.3, 0.4) is 0 Å². The maximum atomic E-state index is 12.5. The van der Waals surface area contributed by atoms with E-state index in [-0.39, 0.29) is 5.91 Å². The van der Waals surface area contributed by atoms with Crippen LogP contribution in [0.5, 0.6) is 0 Å². The fourth-order valence-corrected chi connectivity index (χ4v) is 2.19. The smallest absolute Gasteiger partial charge is 0.253 e. The zero-order valence-corrected chi connectivity index (χ0v) is 13.8. The fourth-order valence-electron chi connectivity index (χ4n) is 1.81. The highest BCUT2D eigenvalue weighted by Gasteiger charge is 2.15. The summed E-state index contributed by atoms with van der Waals surface area (Å²) < 4.78 is 0.988. The number of hydrogen-bond acceptors (Lipinski definition) is 2. The van der Waals surface area contributed by atoms with Crippen LogP contribution in [-0.4, -0.2) is 49.4 Å².